The number of fused-ring (bicyclic) bond motifs is 9. The first-order chi connectivity index (χ1) is 17.0. The summed E-state index contributed by atoms with van der Waals surface area (Å²) >= 11 is 0. The lowest BCUT2D eigenvalue weighted by Crippen LogP contribution is -2.66. The van der Waals surface area contributed by atoms with Crippen LogP contribution < -0.4 is 0 Å². The fourth-order valence-electron chi connectivity index (χ4n) is 11.4. The van der Waals surface area contributed by atoms with Gasteiger partial charge in [-0.25, -0.2) is 0 Å². The van der Waals surface area contributed by atoms with Gasteiger partial charge in [0.2, 0.25) is 0 Å². The molecule has 6 rings (SSSR count). The van der Waals surface area contributed by atoms with Gasteiger partial charge in [0.1, 0.15) is 5.41 Å². The van der Waals surface area contributed by atoms with Crippen LogP contribution in [0.4, 0.5) is 0 Å². The minimum atomic E-state index is -0.924. The Morgan fingerprint density at radius 1 is 0.946 bits per heavy atom. The summed E-state index contributed by atoms with van der Waals surface area (Å²) in [4.78, 5) is 40.8. The molecule has 2 unspecified atom stereocenters. The van der Waals surface area contributed by atoms with Crippen molar-refractivity contribution in [1.29, 1.82) is 5.26 Å². The Kier molecular flexibility index (Phi) is 4.64. The molecule has 0 aromatic carbocycles. The SMILES string of the molecule is CC1(C)CC[C@]2(C(=O)O)CC[C@]3(C)C(C(=O)C=C4[C@@]5(C)[C@H]6C[C@@]6(C#N)C(=O)C(C)(C)[C@@H]5CC[C@]43C)C2C1. The predicted molar refractivity (Wildman–Crippen MR) is 139 cm³/mol. The van der Waals surface area contributed by atoms with Crippen LogP contribution in [0.2, 0.25) is 0 Å². The molecule has 0 saturated heterocycles. The highest BCUT2D eigenvalue weighted by atomic mass is 16.4. The van der Waals surface area contributed by atoms with Gasteiger partial charge in [-0.1, -0.05) is 54.0 Å². The number of rotatable bonds is 1. The van der Waals surface area contributed by atoms with E-state index in [0.717, 1.165) is 32.1 Å². The summed E-state index contributed by atoms with van der Waals surface area (Å²) in [5.41, 5.74) is -2.14. The van der Waals surface area contributed by atoms with Gasteiger partial charge in [-0.3, -0.25) is 14.4 Å². The summed E-state index contributed by atoms with van der Waals surface area (Å²) in [6.07, 6.45) is 7.98. The van der Waals surface area contributed by atoms with Crippen molar-refractivity contribution in [3.8, 4) is 6.07 Å². The quantitative estimate of drug-likeness (QED) is 0.447. The maximum Gasteiger partial charge on any atom is 0.309 e. The van der Waals surface area contributed by atoms with Crippen LogP contribution in [0.5, 0.6) is 0 Å². The lowest BCUT2D eigenvalue weighted by atomic mass is 9.33. The summed E-state index contributed by atoms with van der Waals surface area (Å²) < 4.78 is 0. The molecule has 6 aliphatic carbocycles. The summed E-state index contributed by atoms with van der Waals surface area (Å²) in [5, 5.41) is 20.7. The van der Waals surface area contributed by atoms with Gasteiger partial charge in [0, 0.05) is 11.3 Å². The number of carbonyl (C=O) groups is 3. The summed E-state index contributed by atoms with van der Waals surface area (Å²) in [5.74, 6) is -0.925. The number of hydrogen-bond donors (Lipinski definition) is 1. The highest BCUT2D eigenvalue weighted by molar-refractivity contribution is 5.99. The van der Waals surface area contributed by atoms with Crippen LogP contribution in [-0.4, -0.2) is 22.6 Å². The van der Waals surface area contributed by atoms with Crippen LogP contribution in [0.25, 0.3) is 0 Å². The number of Topliss-reactive ketones (excluding diaryl/α,β-unsaturated/α-hetero) is 1. The van der Waals surface area contributed by atoms with E-state index < -0.39 is 22.2 Å². The number of nitrogens with zero attached hydrogens (tertiary/aromatic N) is 1. The lowest BCUT2D eigenvalue weighted by Gasteiger charge is -2.69. The molecule has 5 heteroatoms. The largest absolute Gasteiger partial charge is 0.481 e. The van der Waals surface area contributed by atoms with E-state index in [1.165, 1.54) is 5.57 Å². The standard InChI is InChI=1S/C32H43NO4/c1-26(2)10-12-31(25(36)37)13-11-29(6)23(18(31)15-26)19(34)14-21-28(29,5)9-8-20-27(3,4)24(35)32(17-33)16-22(32)30(20,21)7/h14,18,20,22-23H,8-13,15-16H2,1-7H3,(H,36,37)/t18?,20-,22+,23?,28+,29+,30-,31-,32-/m0/s1. The predicted octanol–water partition coefficient (Wildman–Crippen LogP) is 6.37. The first kappa shape index (κ1) is 25.3. The molecular formula is C32H43NO4. The van der Waals surface area contributed by atoms with Crippen LogP contribution in [0.3, 0.4) is 0 Å². The van der Waals surface area contributed by atoms with Crippen LogP contribution in [-0.2, 0) is 14.4 Å². The summed E-state index contributed by atoms with van der Waals surface area (Å²) in [6.45, 7) is 15.4. The van der Waals surface area contributed by atoms with E-state index >= 15 is 0 Å². The maximum atomic E-state index is 14.4. The molecule has 5 nitrogen and oxygen atoms in total. The van der Waals surface area contributed by atoms with Crippen LogP contribution in [0, 0.1) is 72.9 Å². The molecule has 1 N–H and O–H groups in total. The molecule has 0 radical (unpaired) electrons. The molecule has 0 aromatic heterocycles. The third-order valence-electron chi connectivity index (χ3n) is 13.8. The normalized spacial score (nSPS) is 52.8. The monoisotopic (exact) mass is 505 g/mol. The second kappa shape index (κ2) is 6.78. The molecule has 0 heterocycles. The van der Waals surface area contributed by atoms with Crippen molar-refractivity contribution in [2.45, 2.75) is 99.8 Å². The minimum absolute atomic E-state index is 0.0187. The minimum Gasteiger partial charge on any atom is -0.481 e. The van der Waals surface area contributed by atoms with E-state index in [4.69, 9.17) is 0 Å². The zero-order chi connectivity index (χ0) is 27.2. The van der Waals surface area contributed by atoms with E-state index in [2.05, 4.69) is 40.7 Å². The van der Waals surface area contributed by atoms with Crippen molar-refractivity contribution in [2.24, 2.45) is 61.6 Å². The maximum absolute atomic E-state index is 14.4. The molecule has 200 valence electrons. The Balaban J connectivity index is 1.53. The fraction of sp³-hybridized carbons (Fsp3) is 0.812. The van der Waals surface area contributed by atoms with Crippen molar-refractivity contribution >= 4 is 17.5 Å². The van der Waals surface area contributed by atoms with Gasteiger partial charge in [-0.15, -0.1) is 0 Å². The van der Waals surface area contributed by atoms with Gasteiger partial charge in [0.05, 0.1) is 11.5 Å². The summed E-state index contributed by atoms with van der Waals surface area (Å²) in [6, 6.07) is 2.44. The van der Waals surface area contributed by atoms with E-state index in [1.807, 2.05) is 19.9 Å². The molecule has 9 atom stereocenters. The van der Waals surface area contributed by atoms with E-state index in [9.17, 15) is 24.8 Å². The number of hydrogen-bond acceptors (Lipinski definition) is 4. The van der Waals surface area contributed by atoms with Crippen LogP contribution >= 0.6 is 0 Å². The zero-order valence-corrected chi connectivity index (χ0v) is 23.7. The summed E-state index contributed by atoms with van der Waals surface area (Å²) in [7, 11) is 0. The van der Waals surface area contributed by atoms with Gasteiger partial charge in [-0.05, 0) is 96.9 Å². The molecular weight excluding hydrogens is 462 g/mol. The van der Waals surface area contributed by atoms with Crippen molar-refractivity contribution in [3.63, 3.8) is 0 Å². The van der Waals surface area contributed by atoms with E-state index in [-0.39, 0.29) is 56.9 Å². The van der Waals surface area contributed by atoms with Gasteiger partial charge in [0.15, 0.2) is 11.6 Å². The topological polar surface area (TPSA) is 95.2 Å². The Labute approximate surface area is 221 Å². The molecule has 37 heavy (non-hydrogen) atoms. The highest BCUT2D eigenvalue weighted by Crippen LogP contribution is 2.81. The number of allylic oxidation sites excluding steroid dienone is 2. The molecule has 5 saturated carbocycles. The van der Waals surface area contributed by atoms with E-state index in [0.29, 0.717) is 19.3 Å². The van der Waals surface area contributed by atoms with Crippen molar-refractivity contribution < 1.29 is 19.5 Å². The lowest BCUT2D eigenvalue weighted by molar-refractivity contribution is -0.191. The first-order valence-corrected chi connectivity index (χ1v) is 14.4. The number of nitriles is 1. The molecule has 0 aromatic rings. The number of ketones is 2. The third-order valence-corrected chi connectivity index (χ3v) is 13.8. The molecule has 0 bridgehead atoms. The Morgan fingerprint density at radius 2 is 1.59 bits per heavy atom. The number of carboxylic acids is 1. The second-order valence-corrected chi connectivity index (χ2v) is 15.9. The smallest absolute Gasteiger partial charge is 0.309 e. The second-order valence-electron chi connectivity index (χ2n) is 15.9. The number of carbonyl (C=O) groups excluding carboxylic acids is 2. The van der Waals surface area contributed by atoms with Gasteiger partial charge in [0.25, 0.3) is 0 Å². The molecule has 6 aliphatic rings. The third kappa shape index (κ3) is 2.60. The fourth-order valence-corrected chi connectivity index (χ4v) is 11.4. The van der Waals surface area contributed by atoms with Crippen LogP contribution in [0.1, 0.15) is 99.8 Å². The average Bonchev–Trinajstić information content (AvgIpc) is 3.56. The highest BCUT2D eigenvalue weighted by Gasteiger charge is 2.80. The van der Waals surface area contributed by atoms with Crippen molar-refractivity contribution in [3.05, 3.63) is 11.6 Å². The molecule has 0 aliphatic heterocycles. The molecule has 0 amide bonds. The van der Waals surface area contributed by atoms with Gasteiger partial charge >= 0.3 is 5.97 Å². The van der Waals surface area contributed by atoms with Crippen molar-refractivity contribution in [2.75, 3.05) is 0 Å². The van der Waals surface area contributed by atoms with Crippen LogP contribution in [0.15, 0.2) is 11.6 Å². The van der Waals surface area contributed by atoms with Crippen molar-refractivity contribution in [1.82, 2.24) is 0 Å². The van der Waals surface area contributed by atoms with Gasteiger partial charge in [-0.2, -0.15) is 5.26 Å². The number of aliphatic carboxylic acids is 1. The molecule has 0 spiro atoms. The number of carboxylic acid groups (broad SMARTS) is 1. The Bertz CT molecular complexity index is 1220. The molecule has 5 fully saturated rings. The van der Waals surface area contributed by atoms with Gasteiger partial charge < -0.3 is 5.11 Å². The Morgan fingerprint density at radius 3 is 2.22 bits per heavy atom. The Hall–Kier alpha value is -1.96. The average molecular weight is 506 g/mol. The first-order valence-electron chi connectivity index (χ1n) is 14.4. The van der Waals surface area contributed by atoms with E-state index in [1.54, 1.807) is 0 Å². The zero-order valence-electron chi connectivity index (χ0n) is 23.7.